The van der Waals surface area contributed by atoms with E-state index in [4.69, 9.17) is 4.74 Å². The minimum absolute atomic E-state index is 0.403. The van der Waals surface area contributed by atoms with Crippen molar-refractivity contribution in [1.29, 1.82) is 5.26 Å². The summed E-state index contributed by atoms with van der Waals surface area (Å²) in [5.41, 5.74) is 6.85. The van der Waals surface area contributed by atoms with Crippen LogP contribution in [0.1, 0.15) is 23.7 Å². The SMILES string of the molecule is CCN1CCc2cc(-c3cnc4[nH]c5cnc(C#N)cc5c4c3)cc(OC)c2C1. The first-order valence-corrected chi connectivity index (χ1v) is 9.80. The molecule has 4 heterocycles. The van der Waals surface area contributed by atoms with Gasteiger partial charge in [-0.05, 0) is 42.3 Å². The zero-order valence-electron chi connectivity index (χ0n) is 16.5. The van der Waals surface area contributed by atoms with Gasteiger partial charge in [-0.25, -0.2) is 9.97 Å². The van der Waals surface area contributed by atoms with E-state index in [0.29, 0.717) is 5.69 Å². The molecule has 0 atom stereocenters. The zero-order valence-corrected chi connectivity index (χ0v) is 16.5. The highest BCUT2D eigenvalue weighted by atomic mass is 16.5. The lowest BCUT2D eigenvalue weighted by atomic mass is 9.93. The lowest BCUT2D eigenvalue weighted by Crippen LogP contribution is -2.30. The fraction of sp³-hybridized carbons (Fsp3) is 0.261. The van der Waals surface area contributed by atoms with E-state index in [-0.39, 0.29) is 0 Å². The van der Waals surface area contributed by atoms with Crippen LogP contribution in [0.15, 0.2) is 36.7 Å². The number of nitriles is 1. The molecule has 0 amide bonds. The van der Waals surface area contributed by atoms with Crippen molar-refractivity contribution in [3.63, 3.8) is 0 Å². The second kappa shape index (κ2) is 6.87. The maximum absolute atomic E-state index is 9.19. The predicted molar refractivity (Wildman–Crippen MR) is 113 cm³/mol. The van der Waals surface area contributed by atoms with Crippen LogP contribution >= 0.6 is 0 Å². The summed E-state index contributed by atoms with van der Waals surface area (Å²) in [5, 5.41) is 11.1. The van der Waals surface area contributed by atoms with E-state index in [9.17, 15) is 5.26 Å². The van der Waals surface area contributed by atoms with Gasteiger partial charge >= 0.3 is 0 Å². The van der Waals surface area contributed by atoms with Crippen LogP contribution < -0.4 is 4.74 Å². The highest BCUT2D eigenvalue weighted by molar-refractivity contribution is 6.07. The van der Waals surface area contributed by atoms with Crippen molar-refractivity contribution in [2.75, 3.05) is 20.2 Å². The molecule has 0 bridgehead atoms. The highest BCUT2D eigenvalue weighted by Gasteiger charge is 2.20. The third-order valence-electron chi connectivity index (χ3n) is 5.83. The first-order valence-electron chi connectivity index (χ1n) is 9.80. The van der Waals surface area contributed by atoms with Crippen LogP contribution in [-0.4, -0.2) is 40.1 Å². The number of aromatic nitrogens is 3. The molecule has 1 aromatic carbocycles. The van der Waals surface area contributed by atoms with Gasteiger partial charge in [-0.2, -0.15) is 5.26 Å². The Morgan fingerprint density at radius 3 is 2.83 bits per heavy atom. The summed E-state index contributed by atoms with van der Waals surface area (Å²) < 4.78 is 5.74. The molecule has 0 unspecified atom stereocenters. The van der Waals surface area contributed by atoms with Crippen LogP contribution in [0.3, 0.4) is 0 Å². The summed E-state index contributed by atoms with van der Waals surface area (Å²) in [4.78, 5) is 14.5. The summed E-state index contributed by atoms with van der Waals surface area (Å²) in [7, 11) is 1.74. The van der Waals surface area contributed by atoms with Crippen molar-refractivity contribution in [3.8, 4) is 22.9 Å². The molecule has 0 radical (unpaired) electrons. The maximum atomic E-state index is 9.19. The largest absolute Gasteiger partial charge is 0.496 e. The van der Waals surface area contributed by atoms with Crippen LogP contribution in [-0.2, 0) is 13.0 Å². The van der Waals surface area contributed by atoms with Gasteiger partial charge in [0.25, 0.3) is 0 Å². The van der Waals surface area contributed by atoms with Crippen molar-refractivity contribution in [2.45, 2.75) is 19.9 Å². The number of rotatable bonds is 3. The number of hydrogen-bond donors (Lipinski definition) is 1. The standard InChI is InChI=1S/C23H21N5O/c1-3-28-5-4-14-6-15(8-22(29-2)20(14)13-28)16-7-19-18-9-17(10-24)25-12-21(18)27-23(19)26-11-16/h6-9,11-12H,3-5,13H2,1-2H3,(H,26,27). The van der Waals surface area contributed by atoms with E-state index in [2.05, 4.69) is 51.0 Å². The van der Waals surface area contributed by atoms with E-state index in [1.54, 1.807) is 13.3 Å². The number of nitrogens with zero attached hydrogens (tertiary/aromatic N) is 4. The number of ether oxygens (including phenoxy) is 1. The Hall–Kier alpha value is -3.43. The van der Waals surface area contributed by atoms with Crippen molar-refractivity contribution in [2.24, 2.45) is 0 Å². The van der Waals surface area contributed by atoms with Gasteiger partial charge in [0.05, 0.1) is 18.8 Å². The molecule has 6 heteroatoms. The summed E-state index contributed by atoms with van der Waals surface area (Å²) >= 11 is 0. The van der Waals surface area contributed by atoms with Crippen LogP contribution in [0.4, 0.5) is 0 Å². The molecule has 5 rings (SSSR count). The minimum atomic E-state index is 0.403. The molecule has 0 fully saturated rings. The third-order valence-corrected chi connectivity index (χ3v) is 5.83. The fourth-order valence-corrected chi connectivity index (χ4v) is 4.20. The Labute approximate surface area is 168 Å². The topological polar surface area (TPSA) is 77.8 Å². The summed E-state index contributed by atoms with van der Waals surface area (Å²) in [5.74, 6) is 0.936. The normalized spacial score (nSPS) is 14.1. The molecular weight excluding hydrogens is 362 g/mol. The highest BCUT2D eigenvalue weighted by Crippen LogP contribution is 2.35. The Morgan fingerprint density at radius 2 is 2.03 bits per heavy atom. The Balaban J connectivity index is 1.65. The number of likely N-dealkylation sites (N-methyl/N-ethyl adjacent to an activating group) is 1. The number of pyridine rings is 2. The quantitative estimate of drug-likeness (QED) is 0.578. The molecule has 1 aliphatic heterocycles. The van der Waals surface area contributed by atoms with Crippen molar-refractivity contribution in [3.05, 3.63) is 53.5 Å². The van der Waals surface area contributed by atoms with Gasteiger partial charge in [0.2, 0.25) is 0 Å². The number of nitrogens with one attached hydrogen (secondary N) is 1. The van der Waals surface area contributed by atoms with Crippen molar-refractivity contribution in [1.82, 2.24) is 19.9 Å². The third kappa shape index (κ3) is 2.91. The average molecular weight is 383 g/mol. The molecule has 0 aliphatic carbocycles. The monoisotopic (exact) mass is 383 g/mol. The molecular formula is C23H21N5O. The molecule has 6 nitrogen and oxygen atoms in total. The van der Waals surface area contributed by atoms with Crippen molar-refractivity contribution >= 4 is 21.9 Å². The summed E-state index contributed by atoms with van der Waals surface area (Å²) in [6, 6.07) is 10.4. The molecule has 3 aromatic heterocycles. The second-order valence-corrected chi connectivity index (χ2v) is 7.41. The minimum Gasteiger partial charge on any atom is -0.496 e. The maximum Gasteiger partial charge on any atom is 0.141 e. The van der Waals surface area contributed by atoms with Gasteiger partial charge in [0.1, 0.15) is 23.2 Å². The van der Waals surface area contributed by atoms with Gasteiger partial charge in [-0.1, -0.05) is 13.0 Å². The average Bonchev–Trinajstić information content (AvgIpc) is 3.14. The van der Waals surface area contributed by atoms with E-state index >= 15 is 0 Å². The van der Waals surface area contributed by atoms with Gasteiger partial charge in [-0.3, -0.25) is 4.90 Å². The number of fused-ring (bicyclic) bond motifs is 4. The molecule has 1 aliphatic rings. The fourth-order valence-electron chi connectivity index (χ4n) is 4.20. The Bertz CT molecular complexity index is 1270. The molecule has 1 N–H and O–H groups in total. The molecule has 0 saturated heterocycles. The number of hydrogen-bond acceptors (Lipinski definition) is 5. The Morgan fingerprint density at radius 1 is 1.14 bits per heavy atom. The van der Waals surface area contributed by atoms with Crippen LogP contribution in [0.25, 0.3) is 33.1 Å². The van der Waals surface area contributed by atoms with Gasteiger partial charge in [-0.15, -0.1) is 0 Å². The van der Waals surface area contributed by atoms with Crippen LogP contribution in [0, 0.1) is 11.3 Å². The smallest absolute Gasteiger partial charge is 0.141 e. The number of H-pyrrole nitrogens is 1. The summed E-state index contributed by atoms with van der Waals surface area (Å²) in [6.45, 7) is 5.24. The first kappa shape index (κ1) is 17.7. The predicted octanol–water partition coefficient (Wildman–Crippen LogP) is 4.04. The lowest BCUT2D eigenvalue weighted by molar-refractivity contribution is 0.261. The van der Waals surface area contributed by atoms with Crippen LogP contribution in [0.5, 0.6) is 5.75 Å². The molecule has 144 valence electrons. The number of benzene rings is 1. The number of aromatic amines is 1. The second-order valence-electron chi connectivity index (χ2n) is 7.41. The van der Waals surface area contributed by atoms with Gasteiger partial charge in [0, 0.05) is 41.2 Å². The van der Waals surface area contributed by atoms with E-state index in [1.807, 2.05) is 12.3 Å². The molecule has 0 saturated carbocycles. The molecule has 4 aromatic rings. The van der Waals surface area contributed by atoms with E-state index in [1.165, 1.54) is 11.1 Å². The van der Waals surface area contributed by atoms with E-state index in [0.717, 1.165) is 64.9 Å². The summed E-state index contributed by atoms with van der Waals surface area (Å²) in [6.07, 6.45) is 4.60. The first-order chi connectivity index (χ1) is 14.2. The molecule has 0 spiro atoms. The van der Waals surface area contributed by atoms with Gasteiger partial charge in [0.15, 0.2) is 0 Å². The lowest BCUT2D eigenvalue weighted by Gasteiger charge is -2.29. The molecule has 29 heavy (non-hydrogen) atoms. The zero-order chi connectivity index (χ0) is 20.0. The van der Waals surface area contributed by atoms with Crippen molar-refractivity contribution < 1.29 is 4.74 Å². The number of methoxy groups -OCH3 is 1. The van der Waals surface area contributed by atoms with E-state index < -0.39 is 0 Å². The van der Waals surface area contributed by atoms with Gasteiger partial charge < -0.3 is 9.72 Å². The Kier molecular flexibility index (Phi) is 4.18. The van der Waals surface area contributed by atoms with Crippen LogP contribution in [0.2, 0.25) is 0 Å².